The van der Waals surface area contributed by atoms with E-state index in [1.165, 1.54) is 0 Å². The van der Waals surface area contributed by atoms with E-state index in [9.17, 15) is 9.59 Å². The molecule has 1 saturated heterocycles. The number of nitrogens with zero attached hydrogens (tertiary/aromatic N) is 1. The Kier molecular flexibility index (Phi) is 3.35. The zero-order valence-electron chi connectivity index (χ0n) is 12.5. The topological polar surface area (TPSA) is 58.6 Å². The first-order valence-corrected chi connectivity index (χ1v) is 7.35. The molecule has 2 amide bonds. The van der Waals surface area contributed by atoms with Crippen LogP contribution < -0.4 is 10.1 Å². The summed E-state index contributed by atoms with van der Waals surface area (Å²) in [7, 11) is 0. The molecule has 1 N–H and O–H groups in total. The number of carbonyl (C=O) groups is 2. The first-order chi connectivity index (χ1) is 10.0. The van der Waals surface area contributed by atoms with Crippen LogP contribution >= 0.6 is 0 Å². The Morgan fingerprint density at radius 3 is 2.71 bits per heavy atom. The lowest BCUT2D eigenvalue weighted by molar-refractivity contribution is -0.154. The lowest BCUT2D eigenvalue weighted by Crippen LogP contribution is -2.64. The van der Waals surface area contributed by atoms with Gasteiger partial charge in [0.05, 0.1) is 6.04 Å². The van der Waals surface area contributed by atoms with E-state index in [0.717, 1.165) is 11.3 Å². The molecule has 5 heteroatoms. The van der Waals surface area contributed by atoms with E-state index in [4.69, 9.17) is 4.74 Å². The highest BCUT2D eigenvalue weighted by molar-refractivity contribution is 5.97. The van der Waals surface area contributed by atoms with Crippen molar-refractivity contribution < 1.29 is 14.3 Å². The number of ether oxygens (including phenoxy) is 1. The summed E-state index contributed by atoms with van der Waals surface area (Å²) in [4.78, 5) is 26.7. The quantitative estimate of drug-likeness (QED) is 0.897. The second kappa shape index (κ2) is 5.06. The minimum atomic E-state index is -0.486. The average Bonchev–Trinajstić information content (AvgIpc) is 2.85. The van der Waals surface area contributed by atoms with E-state index in [1.807, 2.05) is 38.1 Å². The standard InChI is InChI=1S/C16H20N2O3/c1-9(2)14-15(19)17-10(3)16(20)18(14)12-8-21-13-7-5-4-6-11(12)13/h4-7,9-10,12,14H,8H2,1-3H3,(H,17,19). The van der Waals surface area contributed by atoms with Crippen LogP contribution in [0.3, 0.4) is 0 Å². The minimum Gasteiger partial charge on any atom is -0.491 e. The van der Waals surface area contributed by atoms with Gasteiger partial charge in [-0.05, 0) is 18.9 Å². The third-order valence-corrected chi connectivity index (χ3v) is 4.19. The molecule has 3 unspecified atom stereocenters. The molecule has 3 rings (SSSR count). The van der Waals surface area contributed by atoms with E-state index in [2.05, 4.69) is 5.32 Å². The molecule has 5 nitrogen and oxygen atoms in total. The van der Waals surface area contributed by atoms with E-state index in [1.54, 1.807) is 11.8 Å². The van der Waals surface area contributed by atoms with Crippen molar-refractivity contribution in [3.8, 4) is 5.75 Å². The van der Waals surface area contributed by atoms with Crippen molar-refractivity contribution in [2.75, 3.05) is 6.61 Å². The molecule has 0 aliphatic carbocycles. The Hall–Kier alpha value is -2.04. The van der Waals surface area contributed by atoms with E-state index in [0.29, 0.717) is 6.61 Å². The second-order valence-corrected chi connectivity index (χ2v) is 6.03. The fourth-order valence-electron chi connectivity index (χ4n) is 3.19. The highest BCUT2D eigenvalue weighted by Gasteiger charge is 2.46. The lowest BCUT2D eigenvalue weighted by atomic mass is 9.93. The van der Waals surface area contributed by atoms with Crippen LogP contribution in [-0.4, -0.2) is 35.4 Å². The number of carbonyl (C=O) groups excluding carboxylic acids is 2. The normalized spacial score (nSPS) is 28.4. The third kappa shape index (κ3) is 2.17. The average molecular weight is 288 g/mol. The molecule has 112 valence electrons. The van der Waals surface area contributed by atoms with Crippen LogP contribution in [0.25, 0.3) is 0 Å². The Morgan fingerprint density at radius 1 is 1.29 bits per heavy atom. The van der Waals surface area contributed by atoms with Gasteiger partial charge in [0.1, 0.15) is 24.4 Å². The van der Waals surface area contributed by atoms with E-state index < -0.39 is 12.1 Å². The van der Waals surface area contributed by atoms with Crippen molar-refractivity contribution in [3.63, 3.8) is 0 Å². The number of nitrogens with one attached hydrogen (secondary N) is 1. The van der Waals surface area contributed by atoms with Gasteiger partial charge in [-0.2, -0.15) is 0 Å². The van der Waals surface area contributed by atoms with Gasteiger partial charge in [-0.1, -0.05) is 32.0 Å². The van der Waals surface area contributed by atoms with E-state index in [-0.39, 0.29) is 23.8 Å². The summed E-state index contributed by atoms with van der Waals surface area (Å²) in [5, 5.41) is 2.77. The number of para-hydroxylation sites is 1. The molecular formula is C16H20N2O3. The van der Waals surface area contributed by atoms with Gasteiger partial charge in [0.15, 0.2) is 0 Å². The number of amides is 2. The predicted molar refractivity (Wildman–Crippen MR) is 77.8 cm³/mol. The molecule has 2 aliphatic heterocycles. The maximum absolute atomic E-state index is 12.6. The highest BCUT2D eigenvalue weighted by atomic mass is 16.5. The van der Waals surface area contributed by atoms with Gasteiger partial charge in [-0.15, -0.1) is 0 Å². The van der Waals surface area contributed by atoms with Crippen LogP contribution in [0, 0.1) is 5.92 Å². The minimum absolute atomic E-state index is 0.0430. The molecular weight excluding hydrogens is 268 g/mol. The molecule has 0 saturated carbocycles. The maximum Gasteiger partial charge on any atom is 0.246 e. The molecule has 2 heterocycles. The maximum atomic E-state index is 12.6. The summed E-state index contributed by atoms with van der Waals surface area (Å²) < 4.78 is 5.69. The molecule has 0 radical (unpaired) electrons. The highest BCUT2D eigenvalue weighted by Crippen LogP contribution is 2.38. The van der Waals surface area contributed by atoms with Gasteiger partial charge in [-0.25, -0.2) is 0 Å². The molecule has 2 aliphatic rings. The van der Waals surface area contributed by atoms with Gasteiger partial charge in [0.2, 0.25) is 11.8 Å². The van der Waals surface area contributed by atoms with Crippen LogP contribution in [0.1, 0.15) is 32.4 Å². The van der Waals surface area contributed by atoms with Crippen LogP contribution in [0.4, 0.5) is 0 Å². The number of hydrogen-bond donors (Lipinski definition) is 1. The summed E-state index contributed by atoms with van der Waals surface area (Å²) >= 11 is 0. The van der Waals surface area contributed by atoms with Crippen molar-refractivity contribution in [1.29, 1.82) is 0 Å². The number of benzene rings is 1. The largest absolute Gasteiger partial charge is 0.491 e. The van der Waals surface area contributed by atoms with Crippen LogP contribution in [0.15, 0.2) is 24.3 Å². The summed E-state index contributed by atoms with van der Waals surface area (Å²) in [6.45, 7) is 6.06. The molecule has 1 aromatic rings. The van der Waals surface area contributed by atoms with Gasteiger partial charge in [-0.3, -0.25) is 9.59 Å². The SMILES string of the molecule is CC1NC(=O)C(C(C)C)N(C2COc3ccccc32)C1=O. The predicted octanol–water partition coefficient (Wildman–Crippen LogP) is 1.49. The number of hydrogen-bond acceptors (Lipinski definition) is 3. The van der Waals surface area contributed by atoms with Crippen molar-refractivity contribution in [3.05, 3.63) is 29.8 Å². The molecule has 0 bridgehead atoms. The summed E-state index contributed by atoms with van der Waals surface area (Å²) in [6.07, 6.45) is 0. The molecule has 0 aromatic heterocycles. The molecule has 1 aromatic carbocycles. The smallest absolute Gasteiger partial charge is 0.246 e. The summed E-state index contributed by atoms with van der Waals surface area (Å²) in [5.41, 5.74) is 0.985. The Balaban J connectivity index is 2.01. The molecule has 3 atom stereocenters. The third-order valence-electron chi connectivity index (χ3n) is 4.19. The first-order valence-electron chi connectivity index (χ1n) is 7.35. The first kappa shape index (κ1) is 13.9. The molecule has 0 spiro atoms. The Morgan fingerprint density at radius 2 is 2.00 bits per heavy atom. The number of rotatable bonds is 2. The van der Waals surface area contributed by atoms with Crippen LogP contribution in [0.2, 0.25) is 0 Å². The van der Waals surface area contributed by atoms with Crippen LogP contribution in [-0.2, 0) is 9.59 Å². The monoisotopic (exact) mass is 288 g/mol. The van der Waals surface area contributed by atoms with Gasteiger partial charge >= 0.3 is 0 Å². The fraction of sp³-hybridized carbons (Fsp3) is 0.500. The lowest BCUT2D eigenvalue weighted by Gasteiger charge is -2.42. The van der Waals surface area contributed by atoms with Gasteiger partial charge < -0.3 is 15.0 Å². The van der Waals surface area contributed by atoms with E-state index >= 15 is 0 Å². The van der Waals surface area contributed by atoms with Crippen molar-refractivity contribution in [2.24, 2.45) is 5.92 Å². The Labute approximate surface area is 124 Å². The number of piperazine rings is 1. The fourth-order valence-corrected chi connectivity index (χ4v) is 3.19. The number of fused-ring (bicyclic) bond motifs is 1. The van der Waals surface area contributed by atoms with Gasteiger partial charge in [0, 0.05) is 5.56 Å². The summed E-state index contributed by atoms with van der Waals surface area (Å²) in [5.74, 6) is 0.728. The summed E-state index contributed by atoms with van der Waals surface area (Å²) in [6, 6.07) is 6.59. The Bertz CT molecular complexity index is 585. The van der Waals surface area contributed by atoms with Crippen LogP contribution in [0.5, 0.6) is 5.75 Å². The van der Waals surface area contributed by atoms with Crippen molar-refractivity contribution in [1.82, 2.24) is 10.2 Å². The zero-order chi connectivity index (χ0) is 15.1. The van der Waals surface area contributed by atoms with Crippen molar-refractivity contribution >= 4 is 11.8 Å². The van der Waals surface area contributed by atoms with Crippen molar-refractivity contribution in [2.45, 2.75) is 38.9 Å². The second-order valence-electron chi connectivity index (χ2n) is 6.03. The molecule has 21 heavy (non-hydrogen) atoms. The molecule has 1 fully saturated rings. The van der Waals surface area contributed by atoms with Gasteiger partial charge in [0.25, 0.3) is 0 Å². The zero-order valence-corrected chi connectivity index (χ0v) is 12.5.